The minimum absolute atomic E-state index is 0.0339. The van der Waals surface area contributed by atoms with Gasteiger partial charge in [-0.3, -0.25) is 9.59 Å². The van der Waals surface area contributed by atoms with Crippen LogP contribution in [0.1, 0.15) is 41.0 Å². The number of benzene rings is 3. The summed E-state index contributed by atoms with van der Waals surface area (Å²) in [4.78, 5) is 27.2. The molecule has 4 rings (SSSR count). The van der Waals surface area contributed by atoms with Gasteiger partial charge in [0.25, 0.3) is 5.91 Å². The van der Waals surface area contributed by atoms with Gasteiger partial charge < -0.3 is 9.88 Å². The van der Waals surface area contributed by atoms with Crippen LogP contribution in [0.15, 0.2) is 77.6 Å². The van der Waals surface area contributed by atoms with Crippen molar-refractivity contribution in [3.8, 4) is 16.9 Å². The van der Waals surface area contributed by atoms with Gasteiger partial charge in [0.05, 0.1) is 5.69 Å². The van der Waals surface area contributed by atoms with E-state index in [0.717, 1.165) is 35.3 Å². The van der Waals surface area contributed by atoms with Crippen molar-refractivity contribution in [3.05, 3.63) is 115 Å². The molecule has 35 heavy (non-hydrogen) atoms. The van der Waals surface area contributed by atoms with Gasteiger partial charge in [0.2, 0.25) is 0 Å². The Morgan fingerprint density at radius 1 is 0.886 bits per heavy atom. The zero-order valence-corrected chi connectivity index (χ0v) is 21.4. The van der Waals surface area contributed by atoms with Gasteiger partial charge in [0.1, 0.15) is 5.56 Å². The number of pyridine rings is 1. The van der Waals surface area contributed by atoms with Gasteiger partial charge in [-0.2, -0.15) is 0 Å². The Balaban J connectivity index is 2.00. The molecule has 0 aliphatic carbocycles. The molecule has 0 unspecified atom stereocenters. The van der Waals surface area contributed by atoms with Crippen LogP contribution in [0.5, 0.6) is 0 Å². The fourth-order valence-electron chi connectivity index (χ4n) is 4.36. The number of carbonyl (C=O) groups excluding carboxylic acids is 1. The van der Waals surface area contributed by atoms with Crippen LogP contribution in [-0.4, -0.2) is 10.5 Å². The number of carbonyl (C=O) groups is 1. The van der Waals surface area contributed by atoms with Crippen molar-refractivity contribution in [2.75, 3.05) is 5.32 Å². The standard InChI is InChI=1S/C29H26Cl2N2O2/c1-4-19-9-8-10-20(5-2)27(19)32-29(35)26-25(34)17-18(3)33(22-15-13-21(30)14-16-22)28(26)23-11-6-7-12-24(23)31/h6-17H,4-5H2,1-3H3,(H,32,35). The zero-order valence-electron chi connectivity index (χ0n) is 19.9. The number of amides is 1. The van der Waals surface area contributed by atoms with Crippen molar-refractivity contribution in [2.45, 2.75) is 33.6 Å². The second kappa shape index (κ2) is 10.5. The Labute approximate surface area is 215 Å². The van der Waals surface area contributed by atoms with Gasteiger partial charge >= 0.3 is 0 Å². The molecule has 0 aliphatic rings. The van der Waals surface area contributed by atoms with Gasteiger partial charge in [-0.25, -0.2) is 0 Å². The van der Waals surface area contributed by atoms with Crippen LogP contribution in [0.2, 0.25) is 10.0 Å². The second-order valence-electron chi connectivity index (χ2n) is 8.28. The van der Waals surface area contributed by atoms with E-state index in [9.17, 15) is 9.59 Å². The van der Waals surface area contributed by atoms with E-state index >= 15 is 0 Å². The molecular weight excluding hydrogens is 479 g/mol. The topological polar surface area (TPSA) is 51.1 Å². The fraction of sp³-hybridized carbons (Fsp3) is 0.172. The average Bonchev–Trinajstić information content (AvgIpc) is 2.84. The summed E-state index contributed by atoms with van der Waals surface area (Å²) in [6.45, 7) is 5.91. The predicted octanol–water partition coefficient (Wildman–Crippen LogP) is 7.50. The lowest BCUT2D eigenvalue weighted by molar-refractivity contribution is 0.102. The maximum atomic E-state index is 13.8. The third kappa shape index (κ3) is 4.90. The first-order chi connectivity index (χ1) is 16.8. The highest BCUT2D eigenvalue weighted by Crippen LogP contribution is 2.33. The summed E-state index contributed by atoms with van der Waals surface area (Å²) < 4.78 is 1.88. The summed E-state index contributed by atoms with van der Waals surface area (Å²) in [6, 6.07) is 21.9. The molecule has 0 radical (unpaired) electrons. The highest BCUT2D eigenvalue weighted by molar-refractivity contribution is 6.33. The third-order valence-corrected chi connectivity index (χ3v) is 6.66. The highest BCUT2D eigenvalue weighted by atomic mass is 35.5. The Kier molecular flexibility index (Phi) is 7.44. The van der Waals surface area contributed by atoms with Crippen molar-refractivity contribution < 1.29 is 4.79 Å². The van der Waals surface area contributed by atoms with E-state index in [1.54, 1.807) is 18.2 Å². The number of hydrogen-bond donors (Lipinski definition) is 1. The molecular formula is C29H26Cl2N2O2. The van der Waals surface area contributed by atoms with Crippen molar-refractivity contribution in [1.29, 1.82) is 0 Å². The van der Waals surface area contributed by atoms with Gasteiger partial charge in [-0.05, 0) is 61.2 Å². The predicted molar refractivity (Wildman–Crippen MR) is 145 cm³/mol. The van der Waals surface area contributed by atoms with E-state index < -0.39 is 5.91 Å². The highest BCUT2D eigenvalue weighted by Gasteiger charge is 2.25. The zero-order chi connectivity index (χ0) is 25.1. The first kappa shape index (κ1) is 24.8. The number of rotatable bonds is 6. The number of aromatic nitrogens is 1. The molecule has 0 aliphatic heterocycles. The lowest BCUT2D eigenvalue weighted by atomic mass is 10.00. The summed E-state index contributed by atoms with van der Waals surface area (Å²) in [5, 5.41) is 4.09. The lowest BCUT2D eigenvalue weighted by Crippen LogP contribution is -2.27. The van der Waals surface area contributed by atoms with Crippen LogP contribution in [-0.2, 0) is 12.8 Å². The van der Waals surface area contributed by atoms with Crippen LogP contribution >= 0.6 is 23.2 Å². The number of nitrogens with one attached hydrogen (secondary N) is 1. The molecule has 1 aromatic heterocycles. The average molecular weight is 505 g/mol. The van der Waals surface area contributed by atoms with E-state index in [1.807, 2.05) is 73.9 Å². The summed E-state index contributed by atoms with van der Waals surface area (Å²) in [5.74, 6) is -0.469. The maximum absolute atomic E-state index is 13.8. The summed E-state index contributed by atoms with van der Waals surface area (Å²) in [5.41, 5.74) is 4.92. The number of anilines is 1. The molecule has 0 saturated heterocycles. The van der Waals surface area contributed by atoms with Gasteiger partial charge in [0.15, 0.2) is 5.43 Å². The smallest absolute Gasteiger partial charge is 0.261 e. The Hall–Kier alpha value is -3.34. The Bertz CT molecular complexity index is 1430. The molecule has 1 amide bonds. The van der Waals surface area contributed by atoms with Crippen molar-refractivity contribution >= 4 is 34.8 Å². The summed E-state index contributed by atoms with van der Waals surface area (Å²) >= 11 is 12.7. The first-order valence-corrected chi connectivity index (χ1v) is 12.3. The largest absolute Gasteiger partial charge is 0.321 e. The molecule has 1 N–H and O–H groups in total. The molecule has 0 bridgehead atoms. The molecule has 178 valence electrons. The summed E-state index contributed by atoms with van der Waals surface area (Å²) in [7, 11) is 0. The lowest BCUT2D eigenvalue weighted by Gasteiger charge is -2.22. The quantitative estimate of drug-likeness (QED) is 0.295. The number of hydrogen-bond acceptors (Lipinski definition) is 2. The van der Waals surface area contributed by atoms with Crippen molar-refractivity contribution in [1.82, 2.24) is 4.57 Å². The number of para-hydroxylation sites is 1. The normalized spacial score (nSPS) is 10.9. The molecule has 0 saturated carbocycles. The second-order valence-corrected chi connectivity index (χ2v) is 9.12. The molecule has 0 atom stereocenters. The van der Waals surface area contributed by atoms with Gasteiger partial charge in [0, 0.05) is 38.7 Å². The van der Waals surface area contributed by atoms with Crippen LogP contribution in [0.3, 0.4) is 0 Å². The van der Waals surface area contributed by atoms with Crippen LogP contribution in [0.25, 0.3) is 16.9 Å². The van der Waals surface area contributed by atoms with E-state index in [2.05, 4.69) is 5.32 Å². The van der Waals surface area contributed by atoms with Crippen LogP contribution < -0.4 is 10.7 Å². The molecule has 3 aromatic carbocycles. The minimum Gasteiger partial charge on any atom is -0.321 e. The number of halogens is 2. The van der Waals surface area contributed by atoms with Crippen LogP contribution in [0.4, 0.5) is 5.69 Å². The maximum Gasteiger partial charge on any atom is 0.261 e. The van der Waals surface area contributed by atoms with Crippen molar-refractivity contribution in [2.24, 2.45) is 0 Å². The molecule has 6 heteroatoms. The van der Waals surface area contributed by atoms with E-state index in [-0.39, 0.29) is 11.0 Å². The van der Waals surface area contributed by atoms with E-state index in [0.29, 0.717) is 27.0 Å². The van der Waals surface area contributed by atoms with E-state index in [4.69, 9.17) is 23.2 Å². The molecule has 4 nitrogen and oxygen atoms in total. The summed E-state index contributed by atoms with van der Waals surface area (Å²) in [6.07, 6.45) is 1.51. The van der Waals surface area contributed by atoms with Crippen molar-refractivity contribution in [3.63, 3.8) is 0 Å². The van der Waals surface area contributed by atoms with Gasteiger partial charge in [-0.1, -0.05) is 73.4 Å². The Morgan fingerprint density at radius 3 is 2.11 bits per heavy atom. The Morgan fingerprint density at radius 2 is 1.51 bits per heavy atom. The number of nitrogens with zero attached hydrogens (tertiary/aromatic N) is 1. The van der Waals surface area contributed by atoms with E-state index in [1.165, 1.54) is 6.07 Å². The fourth-order valence-corrected chi connectivity index (χ4v) is 4.71. The van der Waals surface area contributed by atoms with Gasteiger partial charge in [-0.15, -0.1) is 0 Å². The monoisotopic (exact) mass is 504 g/mol. The SMILES string of the molecule is CCc1cccc(CC)c1NC(=O)c1c(-c2ccccc2Cl)n(-c2ccc(Cl)cc2)c(C)cc1=O. The molecule has 0 spiro atoms. The van der Waals surface area contributed by atoms with Crippen LogP contribution in [0, 0.1) is 6.92 Å². The molecule has 1 heterocycles. The molecule has 0 fully saturated rings. The number of aryl methyl sites for hydroxylation is 3. The first-order valence-electron chi connectivity index (χ1n) is 11.5. The minimum atomic E-state index is -0.469. The molecule has 4 aromatic rings. The third-order valence-electron chi connectivity index (χ3n) is 6.08.